The molecule has 0 aromatic rings. The number of aliphatic imine (C=N–C) groups is 1. The summed E-state index contributed by atoms with van der Waals surface area (Å²) in [4.78, 5) is 12.6. The smallest absolute Gasteiger partial charge is 0.191 e. The third-order valence-electron chi connectivity index (χ3n) is 5.62. The molecule has 0 aromatic carbocycles. The molecule has 6 nitrogen and oxygen atoms in total. The van der Waals surface area contributed by atoms with Crippen LogP contribution in [0.2, 0.25) is 0 Å². The third-order valence-corrected chi connectivity index (χ3v) is 5.62. The Morgan fingerprint density at radius 2 is 1.81 bits per heavy atom. The Morgan fingerprint density at radius 3 is 2.35 bits per heavy atom. The van der Waals surface area contributed by atoms with Crippen LogP contribution in [0.3, 0.4) is 0 Å². The first-order valence-electron chi connectivity index (χ1n) is 10.0. The highest BCUT2D eigenvalue weighted by atomic mass is 127. The van der Waals surface area contributed by atoms with Gasteiger partial charge >= 0.3 is 0 Å². The van der Waals surface area contributed by atoms with Gasteiger partial charge in [0.05, 0.1) is 6.54 Å². The molecular formula is C19H37IN6. The average molecular weight is 476 g/mol. The van der Waals surface area contributed by atoms with E-state index in [-0.39, 0.29) is 24.0 Å². The van der Waals surface area contributed by atoms with E-state index >= 15 is 0 Å². The summed E-state index contributed by atoms with van der Waals surface area (Å²) in [5.74, 6) is 0.999. The van der Waals surface area contributed by atoms with Crippen molar-refractivity contribution in [2.24, 2.45) is 4.99 Å². The van der Waals surface area contributed by atoms with Crippen molar-refractivity contribution in [1.82, 2.24) is 25.3 Å². The standard InChI is InChI=1S/C19H36N6.HI/c1-4-20-19(21-13-18-15-24-9-11-25(18)12-10-24)22-17-5-7-23(8-6-17)14-16(2)3;/h17-18H,2,4-15H2,1,3H3,(H2,20,21,22);1H. The minimum Gasteiger partial charge on any atom is -0.357 e. The van der Waals surface area contributed by atoms with E-state index in [4.69, 9.17) is 4.99 Å². The zero-order chi connectivity index (χ0) is 17.6. The molecule has 7 heteroatoms. The monoisotopic (exact) mass is 476 g/mol. The largest absolute Gasteiger partial charge is 0.357 e. The second-order valence-electron chi connectivity index (χ2n) is 7.86. The zero-order valence-corrected chi connectivity index (χ0v) is 18.9. The van der Waals surface area contributed by atoms with Crippen molar-refractivity contribution in [3.8, 4) is 0 Å². The molecule has 1 unspecified atom stereocenters. The highest BCUT2D eigenvalue weighted by Gasteiger charge is 2.31. The first kappa shape index (κ1) is 21.9. The van der Waals surface area contributed by atoms with Gasteiger partial charge in [-0.2, -0.15) is 0 Å². The van der Waals surface area contributed by atoms with E-state index in [9.17, 15) is 0 Å². The maximum absolute atomic E-state index is 4.92. The van der Waals surface area contributed by atoms with Crippen LogP contribution in [0.5, 0.6) is 0 Å². The normalized spacial score (nSPS) is 29.9. The number of hydrogen-bond acceptors (Lipinski definition) is 4. The Morgan fingerprint density at radius 1 is 1.12 bits per heavy atom. The Hall–Kier alpha value is -0.380. The molecule has 26 heavy (non-hydrogen) atoms. The molecule has 0 amide bonds. The van der Waals surface area contributed by atoms with Gasteiger partial charge in [-0.3, -0.25) is 19.7 Å². The highest BCUT2D eigenvalue weighted by Crippen LogP contribution is 2.16. The molecule has 2 N–H and O–H groups in total. The number of guanidine groups is 1. The summed E-state index contributed by atoms with van der Waals surface area (Å²) in [7, 11) is 0. The predicted octanol–water partition coefficient (Wildman–Crippen LogP) is 1.20. The average Bonchev–Trinajstić information content (AvgIpc) is 2.62. The topological polar surface area (TPSA) is 46.1 Å². The van der Waals surface area contributed by atoms with Crippen LogP contribution < -0.4 is 10.6 Å². The SMILES string of the molecule is C=C(C)CN1CCC(NC(=NCC2CN3CCN2CC3)NCC)CC1.I. The number of fused-ring (bicyclic) bond motifs is 3. The van der Waals surface area contributed by atoms with Crippen LogP contribution in [-0.4, -0.2) is 98.2 Å². The van der Waals surface area contributed by atoms with E-state index in [1.165, 1.54) is 51.1 Å². The second kappa shape index (κ2) is 10.8. The first-order valence-corrected chi connectivity index (χ1v) is 10.0. The lowest BCUT2D eigenvalue weighted by atomic mass is 10.0. The molecule has 0 radical (unpaired) electrons. The number of nitrogens with zero attached hydrogens (tertiary/aromatic N) is 4. The molecule has 0 spiro atoms. The number of nitrogens with one attached hydrogen (secondary N) is 2. The lowest BCUT2D eigenvalue weighted by Gasteiger charge is -2.47. The number of hydrogen-bond donors (Lipinski definition) is 2. The van der Waals surface area contributed by atoms with Crippen LogP contribution >= 0.6 is 24.0 Å². The minimum absolute atomic E-state index is 0. The van der Waals surface area contributed by atoms with Gasteiger partial charge in [0.2, 0.25) is 0 Å². The molecule has 1 atom stereocenters. The van der Waals surface area contributed by atoms with Crippen LogP contribution in [0.15, 0.2) is 17.1 Å². The van der Waals surface area contributed by atoms with Crippen molar-refractivity contribution >= 4 is 29.9 Å². The molecule has 0 aromatic heterocycles. The molecule has 4 rings (SSSR count). The summed E-state index contributed by atoms with van der Waals surface area (Å²) >= 11 is 0. The van der Waals surface area contributed by atoms with E-state index < -0.39 is 0 Å². The van der Waals surface area contributed by atoms with Gasteiger partial charge in [0.15, 0.2) is 5.96 Å². The van der Waals surface area contributed by atoms with E-state index in [2.05, 4.69) is 45.8 Å². The van der Waals surface area contributed by atoms with E-state index in [1.807, 2.05) is 0 Å². The summed E-state index contributed by atoms with van der Waals surface area (Å²) < 4.78 is 0. The molecule has 4 aliphatic rings. The molecule has 0 saturated carbocycles. The van der Waals surface area contributed by atoms with Gasteiger partial charge in [-0.25, -0.2) is 0 Å². The number of piperazine rings is 3. The summed E-state index contributed by atoms with van der Waals surface area (Å²) in [5, 5.41) is 7.11. The molecule has 4 saturated heterocycles. The summed E-state index contributed by atoms with van der Waals surface area (Å²) in [6.45, 7) is 19.5. The molecule has 4 fully saturated rings. The van der Waals surface area contributed by atoms with Gasteiger partial charge in [0.1, 0.15) is 0 Å². The molecular weight excluding hydrogens is 439 g/mol. The zero-order valence-electron chi connectivity index (χ0n) is 16.5. The second-order valence-corrected chi connectivity index (χ2v) is 7.86. The molecule has 150 valence electrons. The Kier molecular flexibility index (Phi) is 9.12. The summed E-state index contributed by atoms with van der Waals surface area (Å²) in [6.07, 6.45) is 2.36. The van der Waals surface area contributed by atoms with Crippen molar-refractivity contribution in [1.29, 1.82) is 0 Å². The fourth-order valence-electron chi connectivity index (χ4n) is 4.22. The number of piperidine rings is 1. The summed E-state index contributed by atoms with van der Waals surface area (Å²) in [5.41, 5.74) is 1.26. The molecule has 4 aliphatic heterocycles. The van der Waals surface area contributed by atoms with E-state index in [0.29, 0.717) is 12.1 Å². The van der Waals surface area contributed by atoms with Gasteiger partial charge in [-0.05, 0) is 26.7 Å². The lowest BCUT2D eigenvalue weighted by Crippen LogP contribution is -2.62. The lowest BCUT2D eigenvalue weighted by molar-refractivity contribution is 0.0174. The van der Waals surface area contributed by atoms with Crippen molar-refractivity contribution in [2.45, 2.75) is 38.8 Å². The van der Waals surface area contributed by atoms with Crippen LogP contribution in [0.25, 0.3) is 0 Å². The Bertz CT molecular complexity index is 467. The van der Waals surface area contributed by atoms with Gasteiger partial charge in [-0.1, -0.05) is 12.2 Å². The van der Waals surface area contributed by atoms with Gasteiger partial charge in [0, 0.05) is 71.0 Å². The van der Waals surface area contributed by atoms with Crippen LogP contribution in [-0.2, 0) is 0 Å². The fraction of sp³-hybridized carbons (Fsp3) is 0.842. The van der Waals surface area contributed by atoms with Gasteiger partial charge in [0.25, 0.3) is 0 Å². The van der Waals surface area contributed by atoms with Crippen molar-refractivity contribution < 1.29 is 0 Å². The third kappa shape index (κ3) is 6.35. The fourth-order valence-corrected chi connectivity index (χ4v) is 4.22. The molecule has 2 bridgehead atoms. The number of likely N-dealkylation sites (tertiary alicyclic amines) is 1. The van der Waals surface area contributed by atoms with Crippen LogP contribution in [0.4, 0.5) is 0 Å². The van der Waals surface area contributed by atoms with E-state index in [1.54, 1.807) is 0 Å². The number of rotatable bonds is 6. The maximum atomic E-state index is 4.92. The van der Waals surface area contributed by atoms with E-state index in [0.717, 1.165) is 38.7 Å². The van der Waals surface area contributed by atoms with Gasteiger partial charge < -0.3 is 10.6 Å². The van der Waals surface area contributed by atoms with Crippen LogP contribution in [0, 0.1) is 0 Å². The quantitative estimate of drug-likeness (QED) is 0.261. The Balaban J connectivity index is 0.00000243. The van der Waals surface area contributed by atoms with Crippen LogP contribution in [0.1, 0.15) is 26.7 Å². The number of halogens is 1. The highest BCUT2D eigenvalue weighted by molar-refractivity contribution is 14.0. The summed E-state index contributed by atoms with van der Waals surface area (Å²) in [6, 6.07) is 1.13. The molecule has 4 heterocycles. The van der Waals surface area contributed by atoms with Crippen molar-refractivity contribution in [3.63, 3.8) is 0 Å². The maximum Gasteiger partial charge on any atom is 0.191 e. The minimum atomic E-state index is 0. The Labute approximate surface area is 176 Å². The van der Waals surface area contributed by atoms with Crippen molar-refractivity contribution in [2.75, 3.05) is 65.4 Å². The molecule has 0 aliphatic carbocycles. The first-order chi connectivity index (χ1) is 12.1. The van der Waals surface area contributed by atoms with Gasteiger partial charge in [-0.15, -0.1) is 24.0 Å². The van der Waals surface area contributed by atoms with Crippen molar-refractivity contribution in [3.05, 3.63) is 12.2 Å². The predicted molar refractivity (Wildman–Crippen MR) is 121 cm³/mol.